The second kappa shape index (κ2) is 16.5. The van der Waals surface area contributed by atoms with Crippen LogP contribution in [-0.4, -0.2) is 53.6 Å². The van der Waals surface area contributed by atoms with Crippen LogP contribution in [-0.2, 0) is 35.1 Å². The molecule has 250 valence electrons. The van der Waals surface area contributed by atoms with Crippen LogP contribution in [0.5, 0.6) is 5.75 Å². The number of amides is 3. The number of benzene rings is 3. The van der Waals surface area contributed by atoms with Crippen molar-refractivity contribution < 1.29 is 33.4 Å². The molecule has 1 N–H and O–H groups in total. The van der Waals surface area contributed by atoms with E-state index in [4.69, 9.17) is 9.47 Å². The van der Waals surface area contributed by atoms with E-state index in [1.807, 2.05) is 39.8 Å². The maximum Gasteiger partial charge on any atom is 0.328 e. The Labute approximate surface area is 281 Å². The van der Waals surface area contributed by atoms with E-state index >= 15 is 0 Å². The summed E-state index contributed by atoms with van der Waals surface area (Å²) in [5.74, 6) is -3.60. The van der Waals surface area contributed by atoms with Gasteiger partial charge in [-0.15, -0.1) is 0 Å². The van der Waals surface area contributed by atoms with E-state index in [2.05, 4.69) is 5.32 Å². The Morgan fingerprint density at radius 1 is 0.833 bits per heavy atom. The predicted molar refractivity (Wildman–Crippen MR) is 182 cm³/mol. The quantitative estimate of drug-likeness (QED) is 0.0956. The van der Waals surface area contributed by atoms with Crippen molar-refractivity contribution in [1.82, 2.24) is 10.2 Å². The van der Waals surface area contributed by atoms with Crippen LogP contribution in [0.4, 0.5) is 0 Å². The number of allylic oxidation sites excluding steroid dienone is 1. The van der Waals surface area contributed by atoms with Crippen LogP contribution in [0.1, 0.15) is 63.8 Å². The Bertz CT molecular complexity index is 1690. The first kappa shape index (κ1) is 35.5. The first-order valence-electron chi connectivity index (χ1n) is 16.1. The van der Waals surface area contributed by atoms with Gasteiger partial charge in [0.2, 0.25) is 5.78 Å². The van der Waals surface area contributed by atoms with Gasteiger partial charge in [-0.25, -0.2) is 4.79 Å². The Balaban J connectivity index is 1.69. The van der Waals surface area contributed by atoms with Gasteiger partial charge in [-0.2, -0.15) is 0 Å². The molecule has 9 heteroatoms. The van der Waals surface area contributed by atoms with Gasteiger partial charge in [0.25, 0.3) is 17.7 Å². The number of carbonyl (C=O) groups excluding carboxylic acids is 5. The molecule has 0 saturated heterocycles. The summed E-state index contributed by atoms with van der Waals surface area (Å²) < 4.78 is 11.0. The normalized spacial score (nSPS) is 14.1. The van der Waals surface area contributed by atoms with E-state index in [1.54, 1.807) is 85.8 Å². The monoisotopic (exact) mass is 650 g/mol. The lowest BCUT2D eigenvalue weighted by Gasteiger charge is -2.27. The number of Topliss-reactive ketones (excluding diaryl/α,β-unsaturated/α-hetero) is 1. The van der Waals surface area contributed by atoms with Gasteiger partial charge in [0.15, 0.2) is 0 Å². The van der Waals surface area contributed by atoms with Crippen molar-refractivity contribution in [3.8, 4) is 5.75 Å². The number of esters is 1. The third-order valence-corrected chi connectivity index (χ3v) is 7.71. The molecule has 0 fully saturated rings. The largest absolute Gasteiger partial charge is 0.490 e. The second-order valence-electron chi connectivity index (χ2n) is 12.2. The third kappa shape index (κ3) is 8.73. The summed E-state index contributed by atoms with van der Waals surface area (Å²) in [5, 5.41) is 2.53. The van der Waals surface area contributed by atoms with Crippen molar-refractivity contribution >= 4 is 35.0 Å². The number of imide groups is 1. The van der Waals surface area contributed by atoms with Gasteiger partial charge in [-0.1, -0.05) is 92.2 Å². The zero-order chi connectivity index (χ0) is 34.8. The maximum absolute atomic E-state index is 14.3. The number of ketones is 1. The molecule has 0 aliphatic carbocycles. The van der Waals surface area contributed by atoms with Crippen LogP contribution in [0.3, 0.4) is 0 Å². The van der Waals surface area contributed by atoms with E-state index in [1.165, 1.54) is 0 Å². The first-order valence-corrected chi connectivity index (χ1v) is 16.1. The van der Waals surface area contributed by atoms with Crippen LogP contribution in [0.25, 0.3) is 5.57 Å². The van der Waals surface area contributed by atoms with Gasteiger partial charge in [0.05, 0.1) is 12.2 Å². The summed E-state index contributed by atoms with van der Waals surface area (Å²) in [7, 11) is 0. The summed E-state index contributed by atoms with van der Waals surface area (Å²) in [6, 6.07) is 21.3. The molecule has 9 nitrogen and oxygen atoms in total. The Morgan fingerprint density at radius 2 is 1.46 bits per heavy atom. The fourth-order valence-electron chi connectivity index (χ4n) is 5.44. The fraction of sp³-hybridized carbons (Fsp3) is 0.308. The van der Waals surface area contributed by atoms with Gasteiger partial charge in [-0.05, 0) is 68.0 Å². The highest BCUT2D eigenvalue weighted by molar-refractivity contribution is 6.42. The molecule has 1 heterocycles. The molecule has 1 aliphatic heterocycles. The SMILES string of the molecule is CCOC(=O)C(Cc1ccccc1)NC(=O)C(=O)C(c1ccccc1)N1C(=O)C(CC(C)C)=C(c2ccc(OCC=C(C)C)cc2)C1=O. The molecule has 0 saturated carbocycles. The van der Waals surface area contributed by atoms with Crippen LogP contribution in [0.15, 0.2) is 102 Å². The van der Waals surface area contributed by atoms with Gasteiger partial charge in [0.1, 0.15) is 24.4 Å². The highest BCUT2D eigenvalue weighted by Gasteiger charge is 2.47. The lowest BCUT2D eigenvalue weighted by molar-refractivity contribution is -0.152. The van der Waals surface area contributed by atoms with Crippen molar-refractivity contribution in [1.29, 1.82) is 0 Å². The predicted octanol–water partition coefficient (Wildman–Crippen LogP) is 5.80. The van der Waals surface area contributed by atoms with Crippen LogP contribution in [0.2, 0.25) is 0 Å². The number of rotatable bonds is 15. The summed E-state index contributed by atoms with van der Waals surface area (Å²) in [6.45, 7) is 9.92. The molecule has 3 aromatic rings. The van der Waals surface area contributed by atoms with Crippen molar-refractivity contribution in [3.63, 3.8) is 0 Å². The first-order chi connectivity index (χ1) is 23.0. The fourth-order valence-corrected chi connectivity index (χ4v) is 5.44. The highest BCUT2D eigenvalue weighted by Crippen LogP contribution is 2.38. The van der Waals surface area contributed by atoms with E-state index in [0.717, 1.165) is 16.0 Å². The lowest BCUT2D eigenvalue weighted by Crippen LogP contribution is -2.50. The minimum absolute atomic E-state index is 0.0101. The van der Waals surface area contributed by atoms with Crippen molar-refractivity contribution in [3.05, 3.63) is 119 Å². The molecule has 3 aromatic carbocycles. The van der Waals surface area contributed by atoms with Gasteiger partial charge in [0, 0.05) is 12.0 Å². The molecule has 0 spiro atoms. The molecular weight excluding hydrogens is 608 g/mol. The summed E-state index contributed by atoms with van der Waals surface area (Å²) in [6.07, 6.45) is 2.30. The van der Waals surface area contributed by atoms with Crippen molar-refractivity contribution in [2.24, 2.45) is 5.92 Å². The molecule has 2 unspecified atom stereocenters. The van der Waals surface area contributed by atoms with E-state index in [-0.39, 0.29) is 42.1 Å². The maximum atomic E-state index is 14.3. The lowest BCUT2D eigenvalue weighted by atomic mass is 9.95. The smallest absolute Gasteiger partial charge is 0.328 e. The van der Waals surface area contributed by atoms with Gasteiger partial charge in [-0.3, -0.25) is 24.1 Å². The number of hydrogen-bond donors (Lipinski definition) is 1. The number of nitrogens with one attached hydrogen (secondary N) is 1. The summed E-state index contributed by atoms with van der Waals surface area (Å²) in [4.78, 5) is 70.0. The van der Waals surface area contributed by atoms with Crippen molar-refractivity contribution in [2.75, 3.05) is 13.2 Å². The van der Waals surface area contributed by atoms with Crippen LogP contribution in [0, 0.1) is 5.92 Å². The standard InChI is InChI=1S/C39H42N2O7/c1-6-47-39(46)32(24-27-13-9-7-10-14-27)40-36(43)35(42)34(29-15-11-8-12-16-29)41-37(44)31(23-26(4)5)33(38(41)45)28-17-19-30(20-18-28)48-22-21-25(2)3/h7-21,26,32,34H,6,22-24H2,1-5H3,(H,40,43). The zero-order valence-corrected chi connectivity index (χ0v) is 28.0. The van der Waals surface area contributed by atoms with Crippen LogP contribution >= 0.6 is 0 Å². The Hall–Kier alpha value is -5.31. The number of hydrogen-bond acceptors (Lipinski definition) is 7. The topological polar surface area (TPSA) is 119 Å². The molecule has 48 heavy (non-hydrogen) atoms. The Morgan fingerprint density at radius 3 is 2.04 bits per heavy atom. The second-order valence-corrected chi connectivity index (χ2v) is 12.2. The van der Waals surface area contributed by atoms with E-state index < -0.39 is 41.6 Å². The minimum atomic E-state index is -1.57. The molecule has 0 radical (unpaired) electrons. The molecule has 4 rings (SSSR count). The van der Waals surface area contributed by atoms with Crippen LogP contribution < -0.4 is 10.1 Å². The summed E-state index contributed by atoms with van der Waals surface area (Å²) >= 11 is 0. The average Bonchev–Trinajstić information content (AvgIpc) is 3.29. The number of ether oxygens (including phenoxy) is 2. The molecule has 1 aliphatic rings. The zero-order valence-electron chi connectivity index (χ0n) is 28.0. The van der Waals surface area contributed by atoms with Gasteiger partial charge < -0.3 is 14.8 Å². The number of nitrogens with zero attached hydrogens (tertiary/aromatic N) is 1. The molecule has 0 aromatic heterocycles. The molecule has 2 atom stereocenters. The van der Waals surface area contributed by atoms with E-state index in [9.17, 15) is 24.0 Å². The summed E-state index contributed by atoms with van der Waals surface area (Å²) in [5.41, 5.74) is 3.07. The third-order valence-electron chi connectivity index (χ3n) is 7.71. The average molecular weight is 651 g/mol. The Kier molecular flexibility index (Phi) is 12.2. The minimum Gasteiger partial charge on any atom is -0.490 e. The highest BCUT2D eigenvalue weighted by atomic mass is 16.5. The number of carbonyl (C=O) groups is 5. The molecular formula is C39H42N2O7. The van der Waals surface area contributed by atoms with Crippen molar-refractivity contribution in [2.45, 2.75) is 59.5 Å². The molecule has 0 bridgehead atoms. The molecule has 3 amide bonds. The van der Waals surface area contributed by atoms with Gasteiger partial charge >= 0.3 is 5.97 Å². The van der Waals surface area contributed by atoms with E-state index in [0.29, 0.717) is 17.9 Å².